The summed E-state index contributed by atoms with van der Waals surface area (Å²) in [5.41, 5.74) is 1.04. The van der Waals surface area contributed by atoms with Crippen LogP contribution in [0.25, 0.3) is 32.2 Å². The average molecular weight is 520 g/mol. The molecule has 158 valence electrons. The van der Waals surface area contributed by atoms with Crippen LogP contribution >= 0.6 is 11.3 Å². The fourth-order valence-corrected chi connectivity index (χ4v) is 5.77. The quantitative estimate of drug-likeness (QED) is 0.162. The zero-order valence-corrected chi connectivity index (χ0v) is 23.7. The summed E-state index contributed by atoms with van der Waals surface area (Å²) in [6.45, 7) is 0. The Kier molecular flexibility index (Phi) is 7.74. The molecule has 0 unspecified atom stereocenters. The largest absolute Gasteiger partial charge is 1.00 e. The van der Waals surface area contributed by atoms with Crippen LogP contribution in [0.2, 0.25) is 0 Å². The van der Waals surface area contributed by atoms with Crippen LogP contribution in [0.1, 0.15) is 16.0 Å². The maximum atomic E-state index is 11.5. The van der Waals surface area contributed by atoms with E-state index in [0.29, 0.717) is 26.6 Å². The van der Waals surface area contributed by atoms with Crippen molar-refractivity contribution >= 4 is 64.3 Å². The van der Waals surface area contributed by atoms with Gasteiger partial charge in [0, 0.05) is 26.6 Å². The summed E-state index contributed by atoms with van der Waals surface area (Å²) in [5, 5.41) is 1.74. The minimum atomic E-state index is -5.16. The number of fused-ring (bicyclic) bond motifs is 1. The average Bonchev–Trinajstić information content (AvgIpc) is 3.17. The summed E-state index contributed by atoms with van der Waals surface area (Å²) < 4.78 is 79.2. The zero-order chi connectivity index (χ0) is 22.0. The minimum Gasteiger partial charge on any atom is -0.716 e. The van der Waals surface area contributed by atoms with E-state index in [4.69, 9.17) is 8.37 Å². The molecular formula is C20H10Na2O8S3. The third-order valence-electron chi connectivity index (χ3n) is 4.79. The number of thiophene rings is 1. The third-order valence-corrected chi connectivity index (χ3v) is 6.70. The van der Waals surface area contributed by atoms with Crippen molar-refractivity contribution in [2.45, 2.75) is 0 Å². The molecule has 1 aliphatic rings. The van der Waals surface area contributed by atoms with Crippen LogP contribution in [0.15, 0.2) is 60.7 Å². The molecule has 1 heterocycles. The van der Waals surface area contributed by atoms with E-state index in [-0.39, 0.29) is 81.1 Å². The number of rotatable bonds is 5. The van der Waals surface area contributed by atoms with Crippen molar-refractivity contribution in [1.82, 2.24) is 0 Å². The van der Waals surface area contributed by atoms with E-state index in [1.807, 2.05) is 0 Å². The monoisotopic (exact) mass is 520 g/mol. The van der Waals surface area contributed by atoms with E-state index in [1.165, 1.54) is 0 Å². The first-order valence-corrected chi connectivity index (χ1v) is 12.2. The second kappa shape index (κ2) is 9.59. The van der Waals surface area contributed by atoms with Gasteiger partial charge in [-0.1, -0.05) is 48.5 Å². The van der Waals surface area contributed by atoms with E-state index in [9.17, 15) is 25.9 Å². The van der Waals surface area contributed by atoms with Crippen LogP contribution in [-0.2, 0) is 25.0 Å². The molecular weight excluding hydrogens is 510 g/mol. The molecule has 0 radical (unpaired) electrons. The van der Waals surface area contributed by atoms with Gasteiger partial charge in [0.1, 0.15) is 0 Å². The summed E-state index contributed by atoms with van der Waals surface area (Å²) in [7, 11) is -10.3. The number of benzene rings is 3. The smallest absolute Gasteiger partial charge is 0.716 e. The molecule has 0 spiro atoms. The Labute approximate surface area is 237 Å². The van der Waals surface area contributed by atoms with E-state index in [2.05, 4.69) is 0 Å². The fourth-order valence-electron chi connectivity index (χ4n) is 3.78. The van der Waals surface area contributed by atoms with Crippen LogP contribution in [0, 0.1) is 0 Å². The Bertz CT molecular complexity index is 1640. The molecule has 1 aliphatic carbocycles. The predicted molar refractivity (Wildman–Crippen MR) is 113 cm³/mol. The van der Waals surface area contributed by atoms with Gasteiger partial charge >= 0.3 is 59.1 Å². The Balaban J connectivity index is 0.00000153. The first kappa shape index (κ1) is 26.6. The normalized spacial score (nSPS) is 13.0. The molecule has 8 nitrogen and oxygen atoms in total. The van der Waals surface area contributed by atoms with Gasteiger partial charge in [-0.2, -0.15) is 0 Å². The van der Waals surface area contributed by atoms with Gasteiger partial charge in [-0.3, -0.25) is 0 Å². The van der Waals surface area contributed by atoms with Crippen LogP contribution < -0.4 is 63.3 Å². The summed E-state index contributed by atoms with van der Waals surface area (Å²) in [6, 6.07) is 16.9. The van der Waals surface area contributed by atoms with Gasteiger partial charge in [-0.05, 0) is 23.1 Å². The van der Waals surface area contributed by atoms with E-state index < -0.39 is 20.8 Å². The number of hydrogen-bond donors (Lipinski definition) is 0. The molecule has 0 N–H and O–H groups in total. The molecule has 0 amide bonds. The maximum Gasteiger partial charge on any atom is 1.00 e. The van der Waals surface area contributed by atoms with Crippen LogP contribution in [0.4, 0.5) is 0 Å². The standard InChI is InChI=1S/C20H12O8S3.2Na/c21-30(22,23)27-18-14-9-4-6-11-5-3-8-13(16(11)14)17(18)20-19(28-31(24,25)26)12-7-1-2-10-15(12)29-20;;/h1-10H,(H,21,22,23)(H,24,25,26);;/q;2*+1/p-2. The van der Waals surface area contributed by atoms with Gasteiger partial charge in [0.15, 0.2) is 11.5 Å². The Morgan fingerprint density at radius 2 is 1.33 bits per heavy atom. The second-order valence-electron chi connectivity index (χ2n) is 6.65. The topological polar surface area (TPSA) is 133 Å². The van der Waals surface area contributed by atoms with Gasteiger partial charge in [0.25, 0.3) is 20.8 Å². The van der Waals surface area contributed by atoms with E-state index in [1.54, 1.807) is 60.7 Å². The zero-order valence-electron chi connectivity index (χ0n) is 17.3. The fraction of sp³-hybridized carbons (Fsp3) is 0. The first-order valence-electron chi connectivity index (χ1n) is 8.72. The third kappa shape index (κ3) is 5.04. The molecule has 4 aromatic rings. The van der Waals surface area contributed by atoms with Crippen molar-refractivity contribution < 1.29 is 93.4 Å². The minimum absolute atomic E-state index is 0. The van der Waals surface area contributed by atoms with Crippen molar-refractivity contribution in [2.75, 3.05) is 0 Å². The second-order valence-corrected chi connectivity index (χ2v) is 9.67. The molecule has 13 heteroatoms. The van der Waals surface area contributed by atoms with Gasteiger partial charge in [-0.25, -0.2) is 16.8 Å². The van der Waals surface area contributed by atoms with Gasteiger partial charge in [-0.15, -0.1) is 11.3 Å². The van der Waals surface area contributed by atoms with Crippen LogP contribution in [-0.4, -0.2) is 25.9 Å². The molecule has 5 rings (SSSR count). The summed E-state index contributed by atoms with van der Waals surface area (Å²) in [6.07, 6.45) is 0. The molecule has 0 fully saturated rings. The van der Waals surface area contributed by atoms with Crippen LogP contribution in [0.3, 0.4) is 0 Å². The molecule has 0 aliphatic heterocycles. The number of hydrogen-bond acceptors (Lipinski definition) is 9. The van der Waals surface area contributed by atoms with Crippen molar-refractivity contribution in [3.05, 3.63) is 76.7 Å². The van der Waals surface area contributed by atoms with Crippen molar-refractivity contribution in [1.29, 1.82) is 0 Å². The first-order chi connectivity index (χ1) is 14.6. The molecule has 0 saturated carbocycles. The van der Waals surface area contributed by atoms with Gasteiger partial charge in [0.2, 0.25) is 0 Å². The van der Waals surface area contributed by atoms with Gasteiger partial charge < -0.3 is 17.5 Å². The van der Waals surface area contributed by atoms with Gasteiger partial charge in [0.05, 0.1) is 4.88 Å². The molecule has 0 bridgehead atoms. The van der Waals surface area contributed by atoms with E-state index in [0.717, 1.165) is 16.7 Å². The maximum absolute atomic E-state index is 11.5. The Morgan fingerprint density at radius 1 is 0.727 bits per heavy atom. The SMILES string of the molecule is O=S(=O)([O-])OC1=C(c2sc3ccccc3c2OS(=O)(=O)[O-])c2cccc3cccc1c23.[Na+].[Na+]. The molecule has 1 aromatic heterocycles. The molecule has 0 saturated heterocycles. The van der Waals surface area contributed by atoms with E-state index >= 15 is 0 Å². The Morgan fingerprint density at radius 3 is 1.97 bits per heavy atom. The predicted octanol–water partition coefficient (Wildman–Crippen LogP) is -2.39. The van der Waals surface area contributed by atoms with Crippen molar-refractivity contribution in [2.24, 2.45) is 0 Å². The summed E-state index contributed by atoms with van der Waals surface area (Å²) >= 11 is 1.08. The summed E-state index contributed by atoms with van der Waals surface area (Å²) in [5.74, 6) is -0.499. The van der Waals surface area contributed by atoms with Crippen molar-refractivity contribution in [3.63, 3.8) is 0 Å². The molecule has 33 heavy (non-hydrogen) atoms. The van der Waals surface area contributed by atoms with Crippen molar-refractivity contribution in [3.8, 4) is 5.75 Å². The molecule has 0 atom stereocenters. The Hall–Kier alpha value is -0.960. The van der Waals surface area contributed by atoms with Crippen LogP contribution in [0.5, 0.6) is 5.75 Å². The summed E-state index contributed by atoms with van der Waals surface area (Å²) in [4.78, 5) is 0.156. The molecule has 3 aromatic carbocycles.